The van der Waals surface area contributed by atoms with Crippen molar-refractivity contribution in [2.24, 2.45) is 0 Å². The largest absolute Gasteiger partial charge is 0.496 e. The maximum Gasteiger partial charge on any atom is 0.326 e. The lowest BCUT2D eigenvalue weighted by Gasteiger charge is -2.16. The Kier molecular flexibility index (Phi) is 5.60. The molecule has 0 aliphatic heterocycles. The number of hydrogen-bond donors (Lipinski definition) is 2. The van der Waals surface area contributed by atoms with Crippen molar-refractivity contribution in [2.75, 3.05) is 7.11 Å². The van der Waals surface area contributed by atoms with Gasteiger partial charge in [0.1, 0.15) is 11.8 Å². The Morgan fingerprint density at radius 2 is 1.83 bits per heavy atom. The second-order valence-electron chi connectivity index (χ2n) is 4.89. The third-order valence-electron chi connectivity index (χ3n) is 3.33. The maximum absolute atomic E-state index is 12.2. The summed E-state index contributed by atoms with van der Waals surface area (Å²) in [6, 6.07) is 12.3. The van der Waals surface area contributed by atoms with Gasteiger partial charge in [-0.05, 0) is 35.9 Å². The van der Waals surface area contributed by atoms with Crippen LogP contribution in [0, 0.1) is 0 Å². The third kappa shape index (κ3) is 4.47. The molecular formula is C17H16ClNO4. The molecule has 0 bridgehead atoms. The Balaban J connectivity index is 2.14. The van der Waals surface area contributed by atoms with E-state index in [1.54, 1.807) is 48.5 Å². The zero-order valence-corrected chi connectivity index (χ0v) is 13.2. The van der Waals surface area contributed by atoms with Crippen molar-refractivity contribution in [3.05, 3.63) is 64.7 Å². The van der Waals surface area contributed by atoms with E-state index in [0.717, 1.165) is 0 Å². The van der Waals surface area contributed by atoms with Crippen LogP contribution in [0.15, 0.2) is 48.5 Å². The first kappa shape index (κ1) is 16.8. The van der Waals surface area contributed by atoms with E-state index < -0.39 is 17.9 Å². The van der Waals surface area contributed by atoms with Crippen molar-refractivity contribution in [2.45, 2.75) is 12.5 Å². The monoisotopic (exact) mass is 333 g/mol. The van der Waals surface area contributed by atoms with Crippen LogP contribution >= 0.6 is 11.6 Å². The van der Waals surface area contributed by atoms with Gasteiger partial charge in [0.05, 0.1) is 7.11 Å². The van der Waals surface area contributed by atoms with Crippen molar-refractivity contribution in [1.82, 2.24) is 5.32 Å². The van der Waals surface area contributed by atoms with Crippen LogP contribution in [0.4, 0.5) is 0 Å². The van der Waals surface area contributed by atoms with E-state index >= 15 is 0 Å². The van der Waals surface area contributed by atoms with Crippen LogP contribution in [-0.2, 0) is 11.2 Å². The molecule has 120 valence electrons. The summed E-state index contributed by atoms with van der Waals surface area (Å²) in [5.74, 6) is -0.998. The molecule has 0 aliphatic carbocycles. The number of para-hydroxylation sites is 1. The highest BCUT2D eigenvalue weighted by Crippen LogP contribution is 2.19. The van der Waals surface area contributed by atoms with Crippen LogP contribution in [-0.4, -0.2) is 30.1 Å². The van der Waals surface area contributed by atoms with Gasteiger partial charge in [0, 0.05) is 17.0 Å². The van der Waals surface area contributed by atoms with Crippen molar-refractivity contribution < 1.29 is 19.4 Å². The van der Waals surface area contributed by atoms with Crippen LogP contribution in [0.5, 0.6) is 5.75 Å². The number of benzene rings is 2. The predicted molar refractivity (Wildman–Crippen MR) is 87.0 cm³/mol. The molecule has 6 heteroatoms. The van der Waals surface area contributed by atoms with Gasteiger partial charge < -0.3 is 15.2 Å². The lowest BCUT2D eigenvalue weighted by atomic mass is 10.0. The molecule has 2 aromatic rings. The SMILES string of the molecule is COc1ccccc1C[C@@H](NC(=O)c1ccc(Cl)cc1)C(=O)O. The van der Waals surface area contributed by atoms with Crippen LogP contribution in [0.3, 0.4) is 0 Å². The average Bonchev–Trinajstić information content (AvgIpc) is 2.55. The first-order valence-corrected chi connectivity index (χ1v) is 7.30. The fourth-order valence-corrected chi connectivity index (χ4v) is 2.26. The maximum atomic E-state index is 12.2. The number of methoxy groups -OCH3 is 1. The Morgan fingerprint density at radius 1 is 1.17 bits per heavy atom. The summed E-state index contributed by atoms with van der Waals surface area (Å²) in [6.07, 6.45) is 0.124. The van der Waals surface area contributed by atoms with Crippen LogP contribution in [0.2, 0.25) is 5.02 Å². The quantitative estimate of drug-likeness (QED) is 0.852. The van der Waals surface area contributed by atoms with E-state index in [4.69, 9.17) is 16.3 Å². The van der Waals surface area contributed by atoms with Crippen molar-refractivity contribution >= 4 is 23.5 Å². The minimum absolute atomic E-state index is 0.124. The number of ether oxygens (including phenoxy) is 1. The van der Waals surface area contributed by atoms with Crippen LogP contribution in [0.25, 0.3) is 0 Å². The van der Waals surface area contributed by atoms with Gasteiger partial charge in [-0.1, -0.05) is 29.8 Å². The summed E-state index contributed by atoms with van der Waals surface area (Å²) in [4.78, 5) is 23.6. The van der Waals surface area contributed by atoms with E-state index in [1.807, 2.05) is 0 Å². The molecule has 23 heavy (non-hydrogen) atoms. The Morgan fingerprint density at radius 3 is 2.43 bits per heavy atom. The number of rotatable bonds is 6. The number of carbonyl (C=O) groups is 2. The molecule has 0 unspecified atom stereocenters. The van der Waals surface area contributed by atoms with Crippen molar-refractivity contribution in [1.29, 1.82) is 0 Å². The number of aliphatic carboxylic acids is 1. The fourth-order valence-electron chi connectivity index (χ4n) is 2.13. The molecule has 0 fully saturated rings. The molecule has 1 atom stereocenters. The molecule has 2 aromatic carbocycles. The summed E-state index contributed by atoms with van der Waals surface area (Å²) in [6.45, 7) is 0. The van der Waals surface area contributed by atoms with Gasteiger partial charge in [-0.2, -0.15) is 0 Å². The molecule has 5 nitrogen and oxygen atoms in total. The Bertz CT molecular complexity index is 700. The number of carbonyl (C=O) groups excluding carboxylic acids is 1. The van der Waals surface area contributed by atoms with Gasteiger partial charge in [0.15, 0.2) is 0 Å². The molecule has 0 heterocycles. The normalized spacial score (nSPS) is 11.6. The van der Waals surface area contributed by atoms with Crippen LogP contribution in [0.1, 0.15) is 15.9 Å². The smallest absolute Gasteiger partial charge is 0.326 e. The van der Waals surface area contributed by atoms with Crippen LogP contribution < -0.4 is 10.1 Å². The zero-order chi connectivity index (χ0) is 16.8. The number of carboxylic acids is 1. The van der Waals surface area contributed by atoms with E-state index in [2.05, 4.69) is 5.32 Å². The van der Waals surface area contributed by atoms with Gasteiger partial charge in [-0.15, -0.1) is 0 Å². The number of carboxylic acid groups (broad SMARTS) is 1. The van der Waals surface area contributed by atoms with Gasteiger partial charge >= 0.3 is 5.97 Å². The second kappa shape index (κ2) is 7.65. The molecular weight excluding hydrogens is 318 g/mol. The summed E-state index contributed by atoms with van der Waals surface area (Å²) in [7, 11) is 1.51. The topological polar surface area (TPSA) is 75.6 Å². The zero-order valence-electron chi connectivity index (χ0n) is 12.5. The minimum Gasteiger partial charge on any atom is -0.496 e. The minimum atomic E-state index is -1.11. The van der Waals surface area contributed by atoms with Crippen molar-refractivity contribution in [3.63, 3.8) is 0 Å². The molecule has 0 aromatic heterocycles. The second-order valence-corrected chi connectivity index (χ2v) is 5.32. The lowest BCUT2D eigenvalue weighted by molar-refractivity contribution is -0.139. The summed E-state index contributed by atoms with van der Waals surface area (Å²) in [5.41, 5.74) is 1.06. The van der Waals surface area contributed by atoms with Gasteiger partial charge in [-0.25, -0.2) is 4.79 Å². The Labute approximate surface area is 138 Å². The van der Waals surface area contributed by atoms with Gasteiger partial charge in [-0.3, -0.25) is 4.79 Å². The first-order valence-electron chi connectivity index (χ1n) is 6.92. The van der Waals surface area contributed by atoms with Crippen molar-refractivity contribution in [3.8, 4) is 5.75 Å². The first-order chi connectivity index (χ1) is 11.0. The molecule has 1 amide bonds. The molecule has 0 aliphatic rings. The molecule has 0 radical (unpaired) electrons. The fraction of sp³-hybridized carbons (Fsp3) is 0.176. The highest BCUT2D eigenvalue weighted by Gasteiger charge is 2.22. The number of halogens is 1. The summed E-state index contributed by atoms with van der Waals surface area (Å²) < 4.78 is 5.21. The molecule has 0 spiro atoms. The van der Waals surface area contributed by atoms with Gasteiger partial charge in [0.2, 0.25) is 0 Å². The lowest BCUT2D eigenvalue weighted by Crippen LogP contribution is -2.42. The Hall–Kier alpha value is -2.53. The molecule has 2 rings (SSSR count). The van der Waals surface area contributed by atoms with E-state index in [1.165, 1.54) is 7.11 Å². The van der Waals surface area contributed by atoms with E-state index in [9.17, 15) is 14.7 Å². The predicted octanol–water partition coefficient (Wildman–Crippen LogP) is 2.77. The summed E-state index contributed by atoms with van der Waals surface area (Å²) >= 11 is 5.77. The number of nitrogens with one attached hydrogen (secondary N) is 1. The standard InChI is InChI=1S/C17H16ClNO4/c1-23-15-5-3-2-4-12(15)10-14(17(21)22)19-16(20)11-6-8-13(18)9-7-11/h2-9,14H,10H2,1H3,(H,19,20)(H,21,22)/t14-/m1/s1. The van der Waals surface area contributed by atoms with E-state index in [-0.39, 0.29) is 6.42 Å². The molecule has 2 N–H and O–H groups in total. The highest BCUT2D eigenvalue weighted by molar-refractivity contribution is 6.30. The molecule has 0 saturated carbocycles. The summed E-state index contributed by atoms with van der Waals surface area (Å²) in [5, 5.41) is 12.4. The number of amides is 1. The highest BCUT2D eigenvalue weighted by atomic mass is 35.5. The van der Waals surface area contributed by atoms with Gasteiger partial charge in [0.25, 0.3) is 5.91 Å². The number of hydrogen-bond acceptors (Lipinski definition) is 3. The third-order valence-corrected chi connectivity index (χ3v) is 3.58. The average molecular weight is 334 g/mol. The van der Waals surface area contributed by atoms with E-state index in [0.29, 0.717) is 21.9 Å². The molecule has 0 saturated heterocycles.